The van der Waals surface area contributed by atoms with E-state index in [1.165, 1.54) is 24.5 Å². The molecule has 1 N–H and O–H groups in total. The first kappa shape index (κ1) is 15.1. The summed E-state index contributed by atoms with van der Waals surface area (Å²) in [7, 11) is -3.96. The molecule has 3 rings (SSSR count). The predicted octanol–water partition coefficient (Wildman–Crippen LogP) is 2.05. The molecule has 8 heteroatoms. The maximum atomic E-state index is 13.4. The minimum Gasteiger partial charge on any atom is -0.452 e. The van der Waals surface area contributed by atoms with Crippen molar-refractivity contribution in [2.24, 2.45) is 0 Å². The second-order valence-electron chi connectivity index (χ2n) is 5.09. The van der Waals surface area contributed by atoms with E-state index in [0.717, 1.165) is 16.4 Å². The first-order chi connectivity index (χ1) is 10.4. The Bertz CT molecular complexity index is 776. The summed E-state index contributed by atoms with van der Waals surface area (Å²) >= 11 is 0. The Morgan fingerprint density at radius 3 is 2.64 bits per heavy atom. The number of β-amino-alcohol motifs (C(OH)–C–C–N with tert-alkyl or cyclic N) is 1. The quantitative estimate of drug-likeness (QED) is 0.936. The molecule has 0 aliphatic carbocycles. The Morgan fingerprint density at radius 1 is 1.23 bits per heavy atom. The highest BCUT2D eigenvalue weighted by atomic mass is 32.2. The molecular weight excluding hydrogens is 316 g/mol. The van der Waals surface area contributed by atoms with Gasteiger partial charge in [0, 0.05) is 6.54 Å². The fraction of sp³-hybridized carbons (Fsp3) is 0.286. The molecule has 2 aromatic rings. The molecule has 1 aliphatic heterocycles. The number of furan rings is 1. The molecule has 0 amide bonds. The second-order valence-corrected chi connectivity index (χ2v) is 6.91. The molecule has 0 bridgehead atoms. The molecule has 2 atom stereocenters. The molecule has 0 unspecified atom stereocenters. The van der Waals surface area contributed by atoms with Crippen LogP contribution in [-0.4, -0.2) is 30.5 Å². The van der Waals surface area contributed by atoms with Crippen molar-refractivity contribution in [3.05, 3.63) is 53.8 Å². The van der Waals surface area contributed by atoms with Crippen LogP contribution in [0.15, 0.2) is 46.1 Å². The Hall–Kier alpha value is -1.77. The average Bonchev–Trinajstić information content (AvgIpc) is 3.11. The number of aliphatic hydroxyl groups is 1. The van der Waals surface area contributed by atoms with Crippen molar-refractivity contribution in [2.45, 2.75) is 23.7 Å². The zero-order valence-corrected chi connectivity index (χ0v) is 12.1. The smallest absolute Gasteiger partial charge is 0.277 e. The Balaban J connectivity index is 2.01. The maximum absolute atomic E-state index is 13.4. The van der Waals surface area contributed by atoms with Gasteiger partial charge in [0.25, 0.3) is 10.0 Å². The SMILES string of the molecule is O=S(=O)(c1ccco1)N1C[C@H](O)C[C@@H]1c1ccc(F)c(F)c1. The average molecular weight is 329 g/mol. The normalized spacial score (nSPS) is 23.0. The van der Waals surface area contributed by atoms with Gasteiger partial charge in [-0.2, -0.15) is 4.31 Å². The van der Waals surface area contributed by atoms with Crippen molar-refractivity contribution >= 4 is 10.0 Å². The zero-order valence-electron chi connectivity index (χ0n) is 11.3. The first-order valence-electron chi connectivity index (χ1n) is 6.58. The Morgan fingerprint density at radius 2 is 2.00 bits per heavy atom. The van der Waals surface area contributed by atoms with E-state index in [9.17, 15) is 22.3 Å². The monoisotopic (exact) mass is 329 g/mol. The molecule has 1 aliphatic rings. The molecule has 118 valence electrons. The molecule has 2 heterocycles. The third-order valence-corrected chi connectivity index (χ3v) is 5.38. The van der Waals surface area contributed by atoms with Crippen LogP contribution in [0.25, 0.3) is 0 Å². The Kier molecular flexibility index (Phi) is 3.75. The van der Waals surface area contributed by atoms with Crippen LogP contribution in [0.3, 0.4) is 0 Å². The molecule has 0 radical (unpaired) electrons. The Labute approximate surface area is 125 Å². The lowest BCUT2D eigenvalue weighted by molar-refractivity contribution is 0.188. The van der Waals surface area contributed by atoms with Gasteiger partial charge in [-0.1, -0.05) is 6.07 Å². The maximum Gasteiger partial charge on any atom is 0.277 e. The van der Waals surface area contributed by atoms with Crippen molar-refractivity contribution in [3.8, 4) is 0 Å². The fourth-order valence-electron chi connectivity index (χ4n) is 2.60. The van der Waals surface area contributed by atoms with E-state index in [0.29, 0.717) is 0 Å². The van der Waals surface area contributed by atoms with Gasteiger partial charge in [0.2, 0.25) is 5.09 Å². The first-order valence-corrected chi connectivity index (χ1v) is 8.02. The van der Waals surface area contributed by atoms with Crippen molar-refractivity contribution in [1.82, 2.24) is 4.31 Å². The summed E-state index contributed by atoms with van der Waals surface area (Å²) in [5.41, 5.74) is 0.283. The minimum atomic E-state index is -3.96. The third-order valence-electron chi connectivity index (χ3n) is 3.62. The highest BCUT2D eigenvalue weighted by Gasteiger charge is 2.41. The van der Waals surface area contributed by atoms with E-state index in [4.69, 9.17) is 4.42 Å². The van der Waals surface area contributed by atoms with Gasteiger partial charge in [0.05, 0.1) is 18.4 Å². The van der Waals surface area contributed by atoms with E-state index in [1.54, 1.807) is 0 Å². The number of halogens is 2. The summed E-state index contributed by atoms with van der Waals surface area (Å²) in [4.78, 5) is 0. The van der Waals surface area contributed by atoms with E-state index < -0.39 is 33.8 Å². The van der Waals surface area contributed by atoms with Gasteiger partial charge in [-0.25, -0.2) is 17.2 Å². The van der Waals surface area contributed by atoms with Crippen LogP contribution in [0.4, 0.5) is 8.78 Å². The fourth-order valence-corrected chi connectivity index (χ4v) is 4.17. The van der Waals surface area contributed by atoms with Gasteiger partial charge < -0.3 is 9.52 Å². The lowest BCUT2D eigenvalue weighted by Crippen LogP contribution is -2.31. The molecule has 5 nitrogen and oxygen atoms in total. The van der Waals surface area contributed by atoms with Crippen LogP contribution >= 0.6 is 0 Å². The van der Waals surface area contributed by atoms with Gasteiger partial charge in [0.15, 0.2) is 11.6 Å². The summed E-state index contributed by atoms with van der Waals surface area (Å²) in [5.74, 6) is -2.07. The topological polar surface area (TPSA) is 70.8 Å². The molecule has 1 aromatic heterocycles. The number of hydrogen-bond acceptors (Lipinski definition) is 4. The van der Waals surface area contributed by atoms with E-state index in [1.807, 2.05) is 0 Å². The van der Waals surface area contributed by atoms with Crippen molar-refractivity contribution in [1.29, 1.82) is 0 Å². The number of aliphatic hydroxyl groups excluding tert-OH is 1. The van der Waals surface area contributed by atoms with Gasteiger partial charge in [-0.3, -0.25) is 0 Å². The zero-order chi connectivity index (χ0) is 15.9. The molecule has 1 fully saturated rings. The van der Waals surface area contributed by atoms with E-state index in [2.05, 4.69) is 0 Å². The van der Waals surface area contributed by atoms with Crippen LogP contribution in [0.5, 0.6) is 0 Å². The van der Waals surface area contributed by atoms with Crippen LogP contribution < -0.4 is 0 Å². The summed E-state index contributed by atoms with van der Waals surface area (Å²) in [5, 5.41) is 9.56. The lowest BCUT2D eigenvalue weighted by Gasteiger charge is -2.22. The van der Waals surface area contributed by atoms with Crippen LogP contribution in [-0.2, 0) is 10.0 Å². The summed E-state index contributed by atoms with van der Waals surface area (Å²) in [6.45, 7) is -0.132. The highest BCUT2D eigenvalue weighted by molar-refractivity contribution is 7.89. The summed E-state index contributed by atoms with van der Waals surface area (Å²) in [6, 6.07) is 5.15. The van der Waals surface area contributed by atoms with E-state index in [-0.39, 0.29) is 23.6 Å². The summed E-state index contributed by atoms with van der Waals surface area (Å²) in [6.07, 6.45) is 0.444. The minimum absolute atomic E-state index is 0.102. The predicted molar refractivity (Wildman–Crippen MR) is 72.3 cm³/mol. The van der Waals surface area contributed by atoms with Crippen molar-refractivity contribution in [2.75, 3.05) is 6.54 Å². The molecular formula is C14H13F2NO4S. The van der Waals surface area contributed by atoms with Crippen molar-refractivity contribution < 1.29 is 26.7 Å². The standard InChI is InChI=1S/C14H13F2NO4S/c15-11-4-3-9(6-12(11)16)13-7-10(18)8-17(13)22(19,20)14-2-1-5-21-14/h1-6,10,13,18H,7-8H2/t10-,13-/m1/s1. The van der Waals surface area contributed by atoms with Gasteiger partial charge >= 0.3 is 0 Å². The molecule has 1 aromatic carbocycles. The van der Waals surface area contributed by atoms with Gasteiger partial charge in [-0.05, 0) is 36.2 Å². The number of hydrogen-bond donors (Lipinski definition) is 1. The number of nitrogens with zero attached hydrogens (tertiary/aromatic N) is 1. The molecule has 22 heavy (non-hydrogen) atoms. The lowest BCUT2D eigenvalue weighted by atomic mass is 10.0. The van der Waals surface area contributed by atoms with Gasteiger partial charge in [-0.15, -0.1) is 0 Å². The van der Waals surface area contributed by atoms with E-state index >= 15 is 0 Å². The third kappa shape index (κ3) is 2.53. The number of benzene rings is 1. The number of sulfonamides is 1. The van der Waals surface area contributed by atoms with Crippen molar-refractivity contribution in [3.63, 3.8) is 0 Å². The van der Waals surface area contributed by atoms with Crippen LogP contribution in [0, 0.1) is 11.6 Å². The van der Waals surface area contributed by atoms with Gasteiger partial charge in [0.1, 0.15) is 0 Å². The molecule has 0 saturated carbocycles. The largest absolute Gasteiger partial charge is 0.452 e. The van der Waals surface area contributed by atoms with Crippen LogP contribution in [0.1, 0.15) is 18.0 Å². The highest BCUT2D eigenvalue weighted by Crippen LogP contribution is 2.37. The molecule has 0 spiro atoms. The van der Waals surface area contributed by atoms with Crippen LogP contribution in [0.2, 0.25) is 0 Å². The molecule has 1 saturated heterocycles. The summed E-state index contributed by atoms with van der Waals surface area (Å²) < 4.78 is 57.5. The number of rotatable bonds is 3. The second kappa shape index (κ2) is 5.45.